The Bertz CT molecular complexity index is 836. The van der Waals surface area contributed by atoms with Crippen molar-refractivity contribution in [3.63, 3.8) is 0 Å². The Kier molecular flexibility index (Phi) is 4.86. The van der Waals surface area contributed by atoms with Gasteiger partial charge in [0.2, 0.25) is 0 Å². The van der Waals surface area contributed by atoms with Gasteiger partial charge in [-0.25, -0.2) is 0 Å². The van der Waals surface area contributed by atoms with Gasteiger partial charge >= 0.3 is 6.18 Å². The van der Waals surface area contributed by atoms with Gasteiger partial charge in [0.25, 0.3) is 0 Å². The number of carbonyl (C=O) groups excluding carboxylic acids is 1. The second kappa shape index (κ2) is 6.94. The van der Waals surface area contributed by atoms with Crippen molar-refractivity contribution in [2.75, 3.05) is 0 Å². The van der Waals surface area contributed by atoms with E-state index in [0.29, 0.717) is 18.4 Å². The zero-order chi connectivity index (χ0) is 18.8. The largest absolute Gasteiger partial charge is 0.416 e. The van der Waals surface area contributed by atoms with E-state index in [-0.39, 0.29) is 5.78 Å². The van der Waals surface area contributed by atoms with Crippen molar-refractivity contribution in [3.8, 4) is 0 Å². The predicted molar refractivity (Wildman–Crippen MR) is 95.7 cm³/mol. The molecule has 1 nitrogen and oxygen atoms in total. The summed E-state index contributed by atoms with van der Waals surface area (Å²) in [5.74, 6) is -0.510. The average molecular weight is 356 g/mol. The molecule has 1 aliphatic rings. The van der Waals surface area contributed by atoms with E-state index in [4.69, 9.17) is 0 Å². The molecule has 0 radical (unpaired) electrons. The monoisotopic (exact) mass is 356 g/mol. The number of hydrogen-bond acceptors (Lipinski definition) is 1. The van der Waals surface area contributed by atoms with Gasteiger partial charge in [0, 0.05) is 11.3 Å². The van der Waals surface area contributed by atoms with Crippen LogP contribution in [0.3, 0.4) is 0 Å². The Labute approximate surface area is 150 Å². The van der Waals surface area contributed by atoms with Crippen LogP contribution in [0.25, 0.3) is 0 Å². The summed E-state index contributed by atoms with van der Waals surface area (Å²) in [4.78, 5) is 12.2. The van der Waals surface area contributed by atoms with Crippen molar-refractivity contribution >= 4 is 5.78 Å². The van der Waals surface area contributed by atoms with Crippen LogP contribution in [0.15, 0.2) is 79.4 Å². The van der Waals surface area contributed by atoms with E-state index in [1.807, 2.05) is 42.5 Å². The lowest BCUT2D eigenvalue weighted by atomic mass is 9.64. The number of alkyl halides is 3. The first kappa shape index (κ1) is 18.2. The lowest BCUT2D eigenvalue weighted by Gasteiger charge is -2.39. The molecule has 0 saturated carbocycles. The van der Waals surface area contributed by atoms with E-state index >= 15 is 0 Å². The molecule has 0 fully saturated rings. The fraction of sp³-hybridized carbons (Fsp3) is 0.227. The van der Waals surface area contributed by atoms with E-state index in [0.717, 1.165) is 11.6 Å². The Morgan fingerprint density at radius 2 is 1.77 bits per heavy atom. The summed E-state index contributed by atoms with van der Waals surface area (Å²) in [6.45, 7) is 3.54. The second-order valence-electron chi connectivity index (χ2n) is 6.58. The Morgan fingerprint density at radius 3 is 2.42 bits per heavy atom. The number of hydrogen-bond donors (Lipinski definition) is 0. The summed E-state index contributed by atoms with van der Waals surface area (Å²) in [6, 6.07) is 14.9. The smallest absolute Gasteiger partial charge is 0.294 e. The van der Waals surface area contributed by atoms with Gasteiger partial charge in [0.05, 0.1) is 5.56 Å². The predicted octanol–water partition coefficient (Wildman–Crippen LogP) is 5.71. The summed E-state index contributed by atoms with van der Waals surface area (Å²) in [5, 5.41) is 0. The fourth-order valence-electron chi connectivity index (χ4n) is 3.70. The van der Waals surface area contributed by atoms with E-state index in [1.165, 1.54) is 18.2 Å². The summed E-state index contributed by atoms with van der Waals surface area (Å²) in [6.07, 6.45) is 1.55. The van der Waals surface area contributed by atoms with Gasteiger partial charge in [-0.15, -0.1) is 0 Å². The first-order valence-electron chi connectivity index (χ1n) is 8.43. The van der Waals surface area contributed by atoms with Crippen LogP contribution in [0.2, 0.25) is 0 Å². The summed E-state index contributed by atoms with van der Waals surface area (Å²) in [7, 11) is 0. The minimum Gasteiger partial charge on any atom is -0.294 e. The van der Waals surface area contributed by atoms with Crippen LogP contribution in [-0.2, 0) is 16.4 Å². The zero-order valence-corrected chi connectivity index (χ0v) is 14.2. The number of rotatable bonds is 4. The van der Waals surface area contributed by atoms with Gasteiger partial charge in [-0.05, 0) is 36.1 Å². The molecule has 3 rings (SSSR count). The van der Waals surface area contributed by atoms with Gasteiger partial charge in [-0.3, -0.25) is 4.79 Å². The Hall–Kier alpha value is -2.62. The molecule has 0 bridgehead atoms. The third-order valence-corrected chi connectivity index (χ3v) is 5.04. The third-order valence-electron chi connectivity index (χ3n) is 5.04. The maximum atomic E-state index is 13.2. The quantitative estimate of drug-likeness (QED) is 0.506. The molecule has 2 aromatic carbocycles. The molecule has 0 amide bonds. The number of benzene rings is 2. The standard InChI is InChI=1S/C22H19F3O/c1-2-20(26)16-8-7-13-21(15-16,17-9-4-3-5-10-17)18-11-6-12-19(14-18)22(23,24)25/h2-12,14,16H,1,13,15H2. The molecule has 2 atom stereocenters. The third kappa shape index (κ3) is 3.36. The maximum absolute atomic E-state index is 13.2. The molecule has 0 heterocycles. The molecule has 2 unspecified atom stereocenters. The molecule has 0 aromatic heterocycles. The van der Waals surface area contributed by atoms with Gasteiger partial charge < -0.3 is 0 Å². The first-order valence-corrected chi connectivity index (χ1v) is 8.43. The van der Waals surface area contributed by atoms with Gasteiger partial charge in [-0.2, -0.15) is 13.2 Å². The van der Waals surface area contributed by atoms with Crippen LogP contribution in [-0.4, -0.2) is 5.78 Å². The Morgan fingerprint density at radius 1 is 1.08 bits per heavy atom. The minimum atomic E-state index is -4.41. The van der Waals surface area contributed by atoms with Crippen molar-refractivity contribution in [3.05, 3.63) is 96.1 Å². The number of ketones is 1. The van der Waals surface area contributed by atoms with Crippen LogP contribution >= 0.6 is 0 Å². The van der Waals surface area contributed by atoms with Crippen LogP contribution < -0.4 is 0 Å². The van der Waals surface area contributed by atoms with Crippen LogP contribution in [0, 0.1) is 5.92 Å². The molecular weight excluding hydrogens is 337 g/mol. The molecular formula is C22H19F3O. The topological polar surface area (TPSA) is 17.1 Å². The van der Waals surface area contributed by atoms with Crippen molar-refractivity contribution in [2.45, 2.75) is 24.4 Å². The first-order chi connectivity index (χ1) is 12.4. The highest BCUT2D eigenvalue weighted by molar-refractivity contribution is 5.92. The van der Waals surface area contributed by atoms with Crippen LogP contribution in [0.5, 0.6) is 0 Å². The maximum Gasteiger partial charge on any atom is 0.416 e. The SMILES string of the molecule is C=CC(=O)C1C=CCC(c2ccccc2)(c2cccc(C(F)(F)F)c2)C1. The van der Waals surface area contributed by atoms with E-state index in [2.05, 4.69) is 6.58 Å². The number of carbonyl (C=O) groups is 1. The summed E-state index contributed by atoms with van der Waals surface area (Å²) < 4.78 is 39.7. The molecule has 0 aliphatic heterocycles. The van der Waals surface area contributed by atoms with E-state index < -0.39 is 23.1 Å². The average Bonchev–Trinajstić information content (AvgIpc) is 2.67. The highest BCUT2D eigenvalue weighted by atomic mass is 19.4. The highest BCUT2D eigenvalue weighted by Gasteiger charge is 2.40. The lowest BCUT2D eigenvalue weighted by molar-refractivity contribution is -0.137. The number of halogens is 3. The van der Waals surface area contributed by atoms with Crippen molar-refractivity contribution < 1.29 is 18.0 Å². The molecule has 0 N–H and O–H groups in total. The van der Waals surface area contributed by atoms with Gasteiger partial charge in [0.15, 0.2) is 5.78 Å². The summed E-state index contributed by atoms with van der Waals surface area (Å²) >= 11 is 0. The lowest BCUT2D eigenvalue weighted by Crippen LogP contribution is -2.34. The summed E-state index contributed by atoms with van der Waals surface area (Å²) in [5.41, 5.74) is 0.127. The fourth-order valence-corrected chi connectivity index (χ4v) is 3.70. The second-order valence-corrected chi connectivity index (χ2v) is 6.58. The highest BCUT2D eigenvalue weighted by Crippen LogP contribution is 2.45. The molecule has 4 heteroatoms. The van der Waals surface area contributed by atoms with Crippen molar-refractivity contribution in [2.24, 2.45) is 5.92 Å². The number of allylic oxidation sites excluding steroid dienone is 3. The molecule has 0 spiro atoms. The van der Waals surface area contributed by atoms with Crippen molar-refractivity contribution in [1.29, 1.82) is 0 Å². The van der Waals surface area contributed by atoms with Crippen LogP contribution in [0.1, 0.15) is 29.5 Å². The minimum absolute atomic E-state index is 0.117. The normalized spacial score (nSPS) is 22.8. The Balaban J connectivity index is 2.16. The van der Waals surface area contributed by atoms with Crippen LogP contribution in [0.4, 0.5) is 13.2 Å². The molecule has 26 heavy (non-hydrogen) atoms. The van der Waals surface area contributed by atoms with Gasteiger partial charge in [-0.1, -0.05) is 67.3 Å². The molecule has 1 aliphatic carbocycles. The molecule has 0 saturated heterocycles. The van der Waals surface area contributed by atoms with E-state index in [1.54, 1.807) is 6.07 Å². The van der Waals surface area contributed by atoms with E-state index in [9.17, 15) is 18.0 Å². The van der Waals surface area contributed by atoms with Gasteiger partial charge in [0.1, 0.15) is 0 Å². The molecule has 2 aromatic rings. The molecule has 134 valence electrons. The van der Waals surface area contributed by atoms with Crippen molar-refractivity contribution in [1.82, 2.24) is 0 Å². The zero-order valence-electron chi connectivity index (χ0n) is 14.2.